The van der Waals surface area contributed by atoms with Gasteiger partial charge in [-0.05, 0) is 0 Å². The Morgan fingerprint density at radius 1 is 1.00 bits per heavy atom. The zero-order valence-corrected chi connectivity index (χ0v) is 9.80. The molecule has 0 saturated heterocycles. The van der Waals surface area contributed by atoms with E-state index in [1.54, 1.807) is 18.2 Å². The van der Waals surface area contributed by atoms with Crippen LogP contribution in [0.3, 0.4) is 0 Å². The molecule has 1 aliphatic rings. The smallest absolute Gasteiger partial charge is 0.189 e. The molecule has 0 radical (unpaired) electrons. The van der Waals surface area contributed by atoms with Crippen LogP contribution in [0, 0.1) is 0 Å². The number of rotatable bonds is 2. The van der Waals surface area contributed by atoms with Crippen LogP contribution in [0.25, 0.3) is 5.76 Å². The molecule has 1 heterocycles. The van der Waals surface area contributed by atoms with E-state index >= 15 is 0 Å². The van der Waals surface area contributed by atoms with Gasteiger partial charge >= 0.3 is 0 Å². The van der Waals surface area contributed by atoms with E-state index in [1.165, 1.54) is 0 Å². The molecule has 2 aromatic rings. The van der Waals surface area contributed by atoms with E-state index in [4.69, 9.17) is 4.74 Å². The van der Waals surface area contributed by atoms with E-state index in [0.29, 0.717) is 17.9 Å². The molecule has 2 nitrogen and oxygen atoms in total. The highest BCUT2D eigenvalue weighted by molar-refractivity contribution is 6.08. The number of hydrogen-bond donors (Lipinski definition) is 0. The van der Waals surface area contributed by atoms with Crippen molar-refractivity contribution >= 4 is 11.5 Å². The summed E-state index contributed by atoms with van der Waals surface area (Å²) in [6.45, 7) is 0.546. The molecule has 0 aromatic heterocycles. The van der Waals surface area contributed by atoms with Gasteiger partial charge in [0, 0.05) is 22.8 Å². The first-order valence-corrected chi connectivity index (χ1v) is 5.87. The van der Waals surface area contributed by atoms with Crippen LogP contribution in [0.1, 0.15) is 21.5 Å². The van der Waals surface area contributed by atoms with Crippen molar-refractivity contribution in [3.05, 3.63) is 77.4 Å². The summed E-state index contributed by atoms with van der Waals surface area (Å²) >= 11 is 0. The molecule has 3 rings (SSSR count). The fraction of sp³-hybridized carbons (Fsp3) is 0.0625. The van der Waals surface area contributed by atoms with Crippen molar-refractivity contribution in [1.82, 2.24) is 0 Å². The molecule has 0 aliphatic carbocycles. The van der Waals surface area contributed by atoms with E-state index in [-0.39, 0.29) is 5.78 Å². The SMILES string of the molecule is O=C(/C=C1\OCc2ccccc21)c1ccccc1. The highest BCUT2D eigenvalue weighted by atomic mass is 16.5. The van der Waals surface area contributed by atoms with Crippen LogP contribution >= 0.6 is 0 Å². The third kappa shape index (κ3) is 1.93. The van der Waals surface area contributed by atoms with E-state index < -0.39 is 0 Å². The Labute approximate surface area is 106 Å². The molecule has 0 amide bonds. The average molecular weight is 236 g/mol. The van der Waals surface area contributed by atoms with Crippen molar-refractivity contribution in [1.29, 1.82) is 0 Å². The number of benzene rings is 2. The van der Waals surface area contributed by atoms with Gasteiger partial charge in [0.2, 0.25) is 0 Å². The van der Waals surface area contributed by atoms with Crippen molar-refractivity contribution in [2.45, 2.75) is 6.61 Å². The van der Waals surface area contributed by atoms with Gasteiger partial charge in [-0.2, -0.15) is 0 Å². The average Bonchev–Trinajstić information content (AvgIpc) is 2.83. The lowest BCUT2D eigenvalue weighted by atomic mass is 10.1. The zero-order chi connectivity index (χ0) is 12.4. The Hall–Kier alpha value is -2.35. The number of carbonyl (C=O) groups is 1. The van der Waals surface area contributed by atoms with Crippen LogP contribution in [0.2, 0.25) is 0 Å². The van der Waals surface area contributed by atoms with Gasteiger partial charge in [-0.15, -0.1) is 0 Å². The summed E-state index contributed by atoms with van der Waals surface area (Å²) in [5, 5.41) is 0. The van der Waals surface area contributed by atoms with Crippen molar-refractivity contribution in [2.75, 3.05) is 0 Å². The highest BCUT2D eigenvalue weighted by Gasteiger charge is 2.17. The molecule has 0 bridgehead atoms. The van der Waals surface area contributed by atoms with Gasteiger partial charge in [0.05, 0.1) is 0 Å². The number of allylic oxidation sites excluding steroid dienone is 1. The lowest BCUT2D eigenvalue weighted by Gasteiger charge is -2.00. The summed E-state index contributed by atoms with van der Waals surface area (Å²) in [6, 6.07) is 17.1. The Morgan fingerprint density at radius 2 is 1.72 bits per heavy atom. The predicted molar refractivity (Wildman–Crippen MR) is 70.0 cm³/mol. The van der Waals surface area contributed by atoms with Crippen LogP contribution < -0.4 is 0 Å². The number of ether oxygens (including phenoxy) is 1. The molecule has 0 spiro atoms. The summed E-state index contributed by atoms with van der Waals surface area (Å²) in [7, 11) is 0. The number of fused-ring (bicyclic) bond motifs is 1. The van der Waals surface area contributed by atoms with E-state index in [2.05, 4.69) is 0 Å². The third-order valence-corrected chi connectivity index (χ3v) is 2.99. The first-order chi connectivity index (χ1) is 8.84. The Kier molecular flexibility index (Phi) is 2.69. The Balaban J connectivity index is 1.93. The minimum absolute atomic E-state index is 0.0256. The lowest BCUT2D eigenvalue weighted by molar-refractivity contribution is 0.104. The molecule has 2 heteroatoms. The predicted octanol–water partition coefficient (Wildman–Crippen LogP) is 3.44. The van der Waals surface area contributed by atoms with E-state index in [1.807, 2.05) is 42.5 Å². The van der Waals surface area contributed by atoms with Crippen LogP contribution in [0.15, 0.2) is 60.7 Å². The number of ketones is 1. The van der Waals surface area contributed by atoms with Crippen molar-refractivity contribution < 1.29 is 9.53 Å². The maximum Gasteiger partial charge on any atom is 0.189 e. The van der Waals surface area contributed by atoms with Gasteiger partial charge in [-0.25, -0.2) is 0 Å². The van der Waals surface area contributed by atoms with Crippen LogP contribution in [0.5, 0.6) is 0 Å². The van der Waals surface area contributed by atoms with Crippen molar-refractivity contribution in [3.8, 4) is 0 Å². The molecule has 0 unspecified atom stereocenters. The summed E-state index contributed by atoms with van der Waals surface area (Å²) in [6.07, 6.45) is 1.57. The molecule has 88 valence electrons. The molecule has 2 aromatic carbocycles. The maximum absolute atomic E-state index is 12.1. The molecule has 1 aliphatic heterocycles. The summed E-state index contributed by atoms with van der Waals surface area (Å²) in [5.41, 5.74) is 2.82. The monoisotopic (exact) mass is 236 g/mol. The standard InChI is InChI=1S/C16H12O2/c17-15(12-6-2-1-3-7-12)10-16-14-9-5-4-8-13(14)11-18-16/h1-10H,11H2/b16-10-. The van der Waals surface area contributed by atoms with Gasteiger partial charge in [0.15, 0.2) is 5.78 Å². The Morgan fingerprint density at radius 3 is 2.56 bits per heavy atom. The fourth-order valence-corrected chi connectivity index (χ4v) is 2.04. The second-order valence-corrected chi connectivity index (χ2v) is 4.18. The van der Waals surface area contributed by atoms with Crippen molar-refractivity contribution in [3.63, 3.8) is 0 Å². The second kappa shape index (κ2) is 4.49. The summed E-state index contributed by atoms with van der Waals surface area (Å²) in [4.78, 5) is 12.1. The minimum Gasteiger partial charge on any atom is -0.488 e. The third-order valence-electron chi connectivity index (χ3n) is 2.99. The highest BCUT2D eigenvalue weighted by Crippen LogP contribution is 2.29. The summed E-state index contributed by atoms with van der Waals surface area (Å²) < 4.78 is 5.56. The first kappa shape index (κ1) is 10.8. The maximum atomic E-state index is 12.1. The van der Waals surface area contributed by atoms with Crippen molar-refractivity contribution in [2.24, 2.45) is 0 Å². The van der Waals surface area contributed by atoms with Crippen LogP contribution in [0.4, 0.5) is 0 Å². The van der Waals surface area contributed by atoms with E-state index in [0.717, 1.165) is 11.1 Å². The molecule has 0 atom stereocenters. The topological polar surface area (TPSA) is 26.3 Å². The quantitative estimate of drug-likeness (QED) is 0.589. The molecule has 0 N–H and O–H groups in total. The zero-order valence-electron chi connectivity index (χ0n) is 9.80. The molecular formula is C16H12O2. The fourth-order valence-electron chi connectivity index (χ4n) is 2.04. The normalized spacial score (nSPS) is 15.2. The number of carbonyl (C=O) groups excluding carboxylic acids is 1. The van der Waals surface area contributed by atoms with Gasteiger partial charge in [0.25, 0.3) is 0 Å². The van der Waals surface area contributed by atoms with Gasteiger partial charge < -0.3 is 4.74 Å². The molecule has 0 saturated carbocycles. The summed E-state index contributed by atoms with van der Waals surface area (Å²) in [5.74, 6) is 0.641. The van der Waals surface area contributed by atoms with Gasteiger partial charge in [0.1, 0.15) is 12.4 Å². The molecular weight excluding hydrogens is 224 g/mol. The molecule has 0 fully saturated rings. The second-order valence-electron chi connectivity index (χ2n) is 4.18. The van der Waals surface area contributed by atoms with Gasteiger partial charge in [-0.1, -0.05) is 54.6 Å². The van der Waals surface area contributed by atoms with Crippen LogP contribution in [-0.2, 0) is 11.3 Å². The minimum atomic E-state index is -0.0256. The first-order valence-electron chi connectivity index (χ1n) is 5.87. The lowest BCUT2D eigenvalue weighted by Crippen LogP contribution is -1.95. The number of hydrogen-bond acceptors (Lipinski definition) is 2. The molecule has 18 heavy (non-hydrogen) atoms. The van der Waals surface area contributed by atoms with Crippen LogP contribution in [-0.4, -0.2) is 5.78 Å². The van der Waals surface area contributed by atoms with E-state index in [9.17, 15) is 4.79 Å². The largest absolute Gasteiger partial charge is 0.488 e. The van der Waals surface area contributed by atoms with Gasteiger partial charge in [-0.3, -0.25) is 4.79 Å². The Bertz CT molecular complexity index is 612.